The van der Waals surface area contributed by atoms with Crippen molar-refractivity contribution >= 4 is 5.91 Å². The monoisotopic (exact) mass is 249 g/mol. The molecule has 0 N–H and O–H groups in total. The van der Waals surface area contributed by atoms with E-state index in [0.29, 0.717) is 5.92 Å². The first-order valence-electron chi connectivity index (χ1n) is 6.38. The maximum absolute atomic E-state index is 12.1. The molecule has 0 radical (unpaired) electrons. The topological polar surface area (TPSA) is 29.5 Å². The Hall–Kier alpha value is -1.51. The lowest BCUT2D eigenvalue weighted by Crippen LogP contribution is -2.39. The predicted molar refractivity (Wildman–Crippen MR) is 73.7 cm³/mol. The summed E-state index contributed by atoms with van der Waals surface area (Å²) in [4.78, 5) is 13.8. The Kier molecular flexibility index (Phi) is 5.20. The number of carbonyl (C=O) groups excluding carboxylic acids is 1. The van der Waals surface area contributed by atoms with Crippen molar-refractivity contribution in [3.63, 3.8) is 0 Å². The normalized spacial score (nSPS) is 12.3. The summed E-state index contributed by atoms with van der Waals surface area (Å²) >= 11 is 0. The number of hydrogen-bond donors (Lipinski definition) is 0. The molecule has 0 fully saturated rings. The van der Waals surface area contributed by atoms with Crippen LogP contribution in [0.25, 0.3) is 0 Å². The van der Waals surface area contributed by atoms with Crippen LogP contribution in [0.2, 0.25) is 0 Å². The maximum Gasteiger partial charge on any atom is 0.263 e. The molecule has 0 heterocycles. The van der Waals surface area contributed by atoms with Gasteiger partial charge in [0, 0.05) is 13.6 Å². The summed E-state index contributed by atoms with van der Waals surface area (Å²) < 4.78 is 5.67. The molecule has 0 spiro atoms. The second kappa shape index (κ2) is 6.43. The van der Waals surface area contributed by atoms with Crippen molar-refractivity contribution in [1.29, 1.82) is 0 Å². The van der Waals surface area contributed by atoms with Crippen LogP contribution in [-0.4, -0.2) is 30.5 Å². The first-order chi connectivity index (χ1) is 8.40. The van der Waals surface area contributed by atoms with Crippen LogP contribution in [0.5, 0.6) is 5.75 Å². The number of benzene rings is 1. The molecule has 100 valence electrons. The van der Waals surface area contributed by atoms with E-state index < -0.39 is 6.10 Å². The molecular weight excluding hydrogens is 226 g/mol. The predicted octanol–water partition coefficient (Wildman–Crippen LogP) is 2.88. The maximum atomic E-state index is 12.1. The largest absolute Gasteiger partial charge is 0.481 e. The van der Waals surface area contributed by atoms with Crippen LogP contribution < -0.4 is 4.74 Å². The number of aryl methyl sites for hydroxylation is 1. The minimum Gasteiger partial charge on any atom is -0.481 e. The fraction of sp³-hybridized carbons (Fsp3) is 0.533. The lowest BCUT2D eigenvalue weighted by Gasteiger charge is -2.23. The molecule has 3 heteroatoms. The molecule has 1 atom stereocenters. The summed E-state index contributed by atoms with van der Waals surface area (Å²) in [6, 6.07) is 7.75. The number of rotatable bonds is 5. The Labute approximate surface area is 110 Å². The molecule has 0 aliphatic rings. The minimum absolute atomic E-state index is 0.0187. The van der Waals surface area contributed by atoms with Gasteiger partial charge in [-0.15, -0.1) is 0 Å². The molecule has 0 bridgehead atoms. The standard InChI is InChI=1S/C15H23NO2/c1-11(2)10-16(5)15(17)13(4)18-14-8-6-7-12(3)9-14/h6-9,11,13H,10H2,1-5H3. The first kappa shape index (κ1) is 14.6. The summed E-state index contributed by atoms with van der Waals surface area (Å²) in [5.41, 5.74) is 1.13. The van der Waals surface area contributed by atoms with E-state index in [2.05, 4.69) is 13.8 Å². The molecular formula is C15H23NO2. The quantitative estimate of drug-likeness (QED) is 0.803. The summed E-state index contributed by atoms with van der Waals surface area (Å²) in [6.07, 6.45) is -0.449. The first-order valence-corrected chi connectivity index (χ1v) is 6.38. The lowest BCUT2D eigenvalue weighted by atomic mass is 10.2. The number of nitrogens with zero attached hydrogens (tertiary/aromatic N) is 1. The third-order valence-corrected chi connectivity index (χ3v) is 2.67. The highest BCUT2D eigenvalue weighted by atomic mass is 16.5. The van der Waals surface area contributed by atoms with Crippen LogP contribution in [0.4, 0.5) is 0 Å². The van der Waals surface area contributed by atoms with E-state index in [1.807, 2.05) is 38.2 Å². The smallest absolute Gasteiger partial charge is 0.263 e. The highest BCUT2D eigenvalue weighted by Crippen LogP contribution is 2.15. The van der Waals surface area contributed by atoms with Crippen LogP contribution in [0, 0.1) is 12.8 Å². The number of hydrogen-bond acceptors (Lipinski definition) is 2. The molecule has 1 amide bonds. The van der Waals surface area contributed by atoms with E-state index in [-0.39, 0.29) is 5.91 Å². The Morgan fingerprint density at radius 3 is 2.56 bits per heavy atom. The Bertz CT molecular complexity index is 401. The van der Waals surface area contributed by atoms with Gasteiger partial charge in [-0.05, 0) is 37.5 Å². The third-order valence-electron chi connectivity index (χ3n) is 2.67. The molecule has 0 aliphatic carbocycles. The molecule has 3 nitrogen and oxygen atoms in total. The van der Waals surface area contributed by atoms with Crippen molar-refractivity contribution < 1.29 is 9.53 Å². The van der Waals surface area contributed by atoms with Gasteiger partial charge in [-0.3, -0.25) is 4.79 Å². The molecule has 1 aromatic carbocycles. The van der Waals surface area contributed by atoms with E-state index in [1.165, 1.54) is 0 Å². The van der Waals surface area contributed by atoms with Crippen molar-refractivity contribution in [2.45, 2.75) is 33.8 Å². The SMILES string of the molecule is Cc1cccc(OC(C)C(=O)N(C)CC(C)C)c1. The van der Waals surface area contributed by atoms with Gasteiger partial charge in [0.2, 0.25) is 0 Å². The van der Waals surface area contributed by atoms with E-state index >= 15 is 0 Å². The summed E-state index contributed by atoms with van der Waals surface area (Å²) in [6.45, 7) is 8.73. The van der Waals surface area contributed by atoms with E-state index in [1.54, 1.807) is 11.8 Å². The number of likely N-dealkylation sites (N-methyl/N-ethyl adjacent to an activating group) is 1. The van der Waals surface area contributed by atoms with E-state index in [9.17, 15) is 4.79 Å². The van der Waals surface area contributed by atoms with Gasteiger partial charge >= 0.3 is 0 Å². The molecule has 0 saturated heterocycles. The Morgan fingerprint density at radius 2 is 2.00 bits per heavy atom. The van der Waals surface area contributed by atoms with Gasteiger partial charge in [0.25, 0.3) is 5.91 Å². The number of ether oxygens (including phenoxy) is 1. The highest BCUT2D eigenvalue weighted by molar-refractivity contribution is 5.80. The highest BCUT2D eigenvalue weighted by Gasteiger charge is 2.19. The molecule has 0 saturated carbocycles. The van der Waals surface area contributed by atoms with Crippen molar-refractivity contribution in [3.05, 3.63) is 29.8 Å². The van der Waals surface area contributed by atoms with Gasteiger partial charge < -0.3 is 9.64 Å². The van der Waals surface area contributed by atoms with Crippen LogP contribution in [-0.2, 0) is 4.79 Å². The van der Waals surface area contributed by atoms with E-state index in [4.69, 9.17) is 4.74 Å². The van der Waals surface area contributed by atoms with Gasteiger partial charge in [-0.25, -0.2) is 0 Å². The van der Waals surface area contributed by atoms with Crippen LogP contribution in [0.1, 0.15) is 26.3 Å². The van der Waals surface area contributed by atoms with Crippen molar-refractivity contribution in [2.24, 2.45) is 5.92 Å². The molecule has 0 aromatic heterocycles. The zero-order chi connectivity index (χ0) is 13.7. The number of amides is 1. The van der Waals surface area contributed by atoms with Crippen molar-refractivity contribution in [1.82, 2.24) is 4.90 Å². The molecule has 0 aliphatic heterocycles. The summed E-state index contributed by atoms with van der Waals surface area (Å²) in [7, 11) is 1.82. The minimum atomic E-state index is -0.449. The van der Waals surface area contributed by atoms with Gasteiger partial charge in [0.1, 0.15) is 5.75 Å². The average Bonchev–Trinajstić information content (AvgIpc) is 2.27. The molecule has 1 rings (SSSR count). The van der Waals surface area contributed by atoms with Gasteiger partial charge in [-0.1, -0.05) is 26.0 Å². The summed E-state index contributed by atoms with van der Waals surface area (Å²) in [5.74, 6) is 1.23. The fourth-order valence-corrected chi connectivity index (χ4v) is 1.89. The fourth-order valence-electron chi connectivity index (χ4n) is 1.89. The lowest BCUT2D eigenvalue weighted by molar-refractivity contribution is -0.137. The van der Waals surface area contributed by atoms with Gasteiger partial charge in [-0.2, -0.15) is 0 Å². The van der Waals surface area contributed by atoms with Crippen molar-refractivity contribution in [3.8, 4) is 5.75 Å². The Morgan fingerprint density at radius 1 is 1.33 bits per heavy atom. The summed E-state index contributed by atoms with van der Waals surface area (Å²) in [5, 5.41) is 0. The van der Waals surface area contributed by atoms with Crippen LogP contribution in [0.15, 0.2) is 24.3 Å². The van der Waals surface area contributed by atoms with Crippen LogP contribution >= 0.6 is 0 Å². The Balaban J connectivity index is 2.59. The second-order valence-corrected chi connectivity index (χ2v) is 5.19. The zero-order valence-corrected chi connectivity index (χ0v) is 11.9. The molecule has 1 aromatic rings. The molecule has 1 unspecified atom stereocenters. The van der Waals surface area contributed by atoms with Crippen LogP contribution in [0.3, 0.4) is 0 Å². The second-order valence-electron chi connectivity index (χ2n) is 5.19. The van der Waals surface area contributed by atoms with E-state index in [0.717, 1.165) is 17.9 Å². The zero-order valence-electron chi connectivity index (χ0n) is 11.9. The average molecular weight is 249 g/mol. The molecule has 18 heavy (non-hydrogen) atoms. The van der Waals surface area contributed by atoms with Gasteiger partial charge in [0.15, 0.2) is 6.10 Å². The van der Waals surface area contributed by atoms with Gasteiger partial charge in [0.05, 0.1) is 0 Å². The third kappa shape index (κ3) is 4.40. The van der Waals surface area contributed by atoms with Crippen molar-refractivity contribution in [2.75, 3.05) is 13.6 Å². The number of carbonyl (C=O) groups is 1.